The Morgan fingerprint density at radius 1 is 1.47 bits per heavy atom. The molecule has 82 valence electrons. The van der Waals surface area contributed by atoms with Crippen LogP contribution >= 0.6 is 11.8 Å². The minimum Gasteiger partial charge on any atom is -0.383 e. The molecule has 3 N–H and O–H groups in total. The highest BCUT2D eigenvalue weighted by molar-refractivity contribution is 7.99. The normalized spacial score (nSPS) is 15.7. The first-order valence-corrected chi connectivity index (χ1v) is 6.32. The molecule has 0 atom stereocenters. The molecule has 1 aromatic rings. The van der Waals surface area contributed by atoms with Crippen LogP contribution in [0.4, 0.5) is 5.69 Å². The number of benzene rings is 1. The van der Waals surface area contributed by atoms with Crippen LogP contribution in [0.3, 0.4) is 0 Å². The van der Waals surface area contributed by atoms with Crippen molar-refractivity contribution in [1.29, 1.82) is 0 Å². The van der Waals surface area contributed by atoms with E-state index >= 15 is 0 Å². The van der Waals surface area contributed by atoms with Crippen LogP contribution in [-0.2, 0) is 6.42 Å². The van der Waals surface area contributed by atoms with Gasteiger partial charge in [0.05, 0.1) is 0 Å². The van der Waals surface area contributed by atoms with Crippen molar-refractivity contribution >= 4 is 17.4 Å². The number of anilines is 1. The molecule has 0 radical (unpaired) electrons. The maximum Gasteiger partial charge on any atom is 0.0478 e. The van der Waals surface area contributed by atoms with Crippen molar-refractivity contribution in [3.8, 4) is 0 Å². The van der Waals surface area contributed by atoms with E-state index in [-0.39, 0.29) is 5.54 Å². The van der Waals surface area contributed by atoms with Gasteiger partial charge in [-0.1, -0.05) is 6.07 Å². The SMILES string of the molecule is CC(C)(N)Cc1ccc2c(c1)SCCN2. The van der Waals surface area contributed by atoms with Gasteiger partial charge in [-0.15, -0.1) is 11.8 Å². The van der Waals surface area contributed by atoms with Gasteiger partial charge in [0.25, 0.3) is 0 Å². The molecule has 0 fully saturated rings. The summed E-state index contributed by atoms with van der Waals surface area (Å²) in [5.41, 5.74) is 8.50. The van der Waals surface area contributed by atoms with E-state index in [4.69, 9.17) is 5.73 Å². The van der Waals surface area contributed by atoms with Gasteiger partial charge in [-0.25, -0.2) is 0 Å². The summed E-state index contributed by atoms with van der Waals surface area (Å²) in [5, 5.41) is 3.40. The third kappa shape index (κ3) is 2.89. The van der Waals surface area contributed by atoms with Gasteiger partial charge in [0.2, 0.25) is 0 Å². The van der Waals surface area contributed by atoms with Crippen molar-refractivity contribution in [2.75, 3.05) is 17.6 Å². The first-order chi connectivity index (χ1) is 7.04. The van der Waals surface area contributed by atoms with Crippen LogP contribution < -0.4 is 11.1 Å². The highest BCUT2D eigenvalue weighted by Gasteiger charge is 2.14. The average molecular weight is 222 g/mol. The minimum absolute atomic E-state index is 0.124. The number of hydrogen-bond donors (Lipinski definition) is 2. The Morgan fingerprint density at radius 2 is 2.27 bits per heavy atom. The van der Waals surface area contributed by atoms with E-state index in [1.54, 1.807) is 0 Å². The van der Waals surface area contributed by atoms with Gasteiger partial charge < -0.3 is 11.1 Å². The smallest absolute Gasteiger partial charge is 0.0478 e. The molecule has 15 heavy (non-hydrogen) atoms. The zero-order chi connectivity index (χ0) is 10.9. The molecule has 0 aromatic heterocycles. The molecule has 1 aromatic carbocycles. The van der Waals surface area contributed by atoms with Gasteiger partial charge in [-0.05, 0) is 38.0 Å². The standard InChI is InChI=1S/C12H18N2S/c1-12(2,13)8-9-3-4-10-11(7-9)15-6-5-14-10/h3-4,7,14H,5-6,8,13H2,1-2H3. The van der Waals surface area contributed by atoms with E-state index in [2.05, 4.69) is 37.4 Å². The molecule has 2 nitrogen and oxygen atoms in total. The van der Waals surface area contributed by atoms with Gasteiger partial charge in [-0.3, -0.25) is 0 Å². The Kier molecular flexibility index (Phi) is 2.94. The van der Waals surface area contributed by atoms with Crippen LogP contribution in [0.2, 0.25) is 0 Å². The highest BCUT2D eigenvalue weighted by atomic mass is 32.2. The fraction of sp³-hybridized carbons (Fsp3) is 0.500. The molecule has 0 unspecified atom stereocenters. The van der Waals surface area contributed by atoms with Gasteiger partial charge in [0.15, 0.2) is 0 Å². The number of rotatable bonds is 2. The summed E-state index contributed by atoms with van der Waals surface area (Å²) in [4.78, 5) is 1.36. The van der Waals surface area contributed by atoms with Gasteiger partial charge in [0.1, 0.15) is 0 Å². The molecule has 0 saturated heterocycles. The lowest BCUT2D eigenvalue weighted by Crippen LogP contribution is -2.34. The lowest BCUT2D eigenvalue weighted by atomic mass is 9.96. The molecule has 0 spiro atoms. The molecule has 3 heteroatoms. The lowest BCUT2D eigenvalue weighted by Gasteiger charge is -2.21. The van der Waals surface area contributed by atoms with Crippen LogP contribution in [0.5, 0.6) is 0 Å². The van der Waals surface area contributed by atoms with E-state index in [9.17, 15) is 0 Å². The Morgan fingerprint density at radius 3 is 3.00 bits per heavy atom. The van der Waals surface area contributed by atoms with E-state index in [0.717, 1.165) is 18.7 Å². The quantitative estimate of drug-likeness (QED) is 0.807. The van der Waals surface area contributed by atoms with Crippen molar-refractivity contribution in [3.63, 3.8) is 0 Å². The van der Waals surface area contributed by atoms with Crippen molar-refractivity contribution in [1.82, 2.24) is 0 Å². The summed E-state index contributed by atoms with van der Waals surface area (Å²) in [6.45, 7) is 5.20. The molecule has 0 amide bonds. The molecule has 0 bridgehead atoms. The zero-order valence-corrected chi connectivity index (χ0v) is 10.2. The van der Waals surface area contributed by atoms with E-state index < -0.39 is 0 Å². The maximum atomic E-state index is 6.02. The number of thioether (sulfide) groups is 1. The van der Waals surface area contributed by atoms with E-state index in [1.165, 1.54) is 16.1 Å². The summed E-state index contributed by atoms with van der Waals surface area (Å²) in [7, 11) is 0. The number of fused-ring (bicyclic) bond motifs is 1. The van der Waals surface area contributed by atoms with Gasteiger partial charge in [0, 0.05) is 28.4 Å². The molecule has 1 aliphatic rings. The second-order valence-electron chi connectivity index (χ2n) is 4.77. The lowest BCUT2D eigenvalue weighted by molar-refractivity contribution is 0.516. The van der Waals surface area contributed by atoms with Crippen LogP contribution in [0, 0.1) is 0 Å². The van der Waals surface area contributed by atoms with Crippen LogP contribution in [0.15, 0.2) is 23.1 Å². The number of hydrogen-bond acceptors (Lipinski definition) is 3. The van der Waals surface area contributed by atoms with Crippen molar-refractivity contribution in [2.24, 2.45) is 5.73 Å². The molecule has 2 rings (SSSR count). The predicted octanol–water partition coefficient (Wildman–Crippen LogP) is 2.48. The number of nitrogens with two attached hydrogens (primary N) is 1. The van der Waals surface area contributed by atoms with Crippen LogP contribution in [-0.4, -0.2) is 17.8 Å². The topological polar surface area (TPSA) is 38.0 Å². The Bertz CT molecular complexity index is 355. The van der Waals surface area contributed by atoms with E-state index in [1.807, 2.05) is 11.8 Å². The maximum absolute atomic E-state index is 6.02. The molecule has 1 aliphatic heterocycles. The minimum atomic E-state index is -0.124. The Labute approximate surface area is 95.6 Å². The third-order valence-electron chi connectivity index (χ3n) is 2.38. The molecule has 1 heterocycles. The fourth-order valence-corrected chi connectivity index (χ4v) is 2.77. The first-order valence-electron chi connectivity index (χ1n) is 5.33. The highest BCUT2D eigenvalue weighted by Crippen LogP contribution is 2.32. The van der Waals surface area contributed by atoms with E-state index in [0.29, 0.717) is 0 Å². The Balaban J connectivity index is 2.21. The average Bonchev–Trinajstić information content (AvgIpc) is 2.15. The van der Waals surface area contributed by atoms with Crippen LogP contribution in [0.1, 0.15) is 19.4 Å². The first kappa shape index (κ1) is 10.8. The largest absolute Gasteiger partial charge is 0.383 e. The zero-order valence-electron chi connectivity index (χ0n) is 9.34. The number of nitrogens with one attached hydrogen (secondary N) is 1. The monoisotopic (exact) mass is 222 g/mol. The van der Waals surface area contributed by atoms with Gasteiger partial charge >= 0.3 is 0 Å². The summed E-state index contributed by atoms with van der Waals surface area (Å²) < 4.78 is 0. The second kappa shape index (κ2) is 4.06. The van der Waals surface area contributed by atoms with Crippen molar-refractivity contribution < 1.29 is 0 Å². The summed E-state index contributed by atoms with van der Waals surface area (Å²) in [5.74, 6) is 1.16. The van der Waals surface area contributed by atoms with Crippen LogP contribution in [0.25, 0.3) is 0 Å². The third-order valence-corrected chi connectivity index (χ3v) is 3.44. The Hall–Kier alpha value is -0.670. The fourth-order valence-electron chi connectivity index (χ4n) is 1.81. The second-order valence-corrected chi connectivity index (χ2v) is 5.91. The molecule has 0 aliphatic carbocycles. The molecule has 0 saturated carbocycles. The summed E-state index contributed by atoms with van der Waals surface area (Å²) in [6.07, 6.45) is 0.931. The summed E-state index contributed by atoms with van der Waals surface area (Å²) in [6, 6.07) is 6.61. The van der Waals surface area contributed by atoms with Gasteiger partial charge in [-0.2, -0.15) is 0 Å². The van der Waals surface area contributed by atoms with Crippen molar-refractivity contribution in [3.05, 3.63) is 23.8 Å². The molecular weight excluding hydrogens is 204 g/mol. The summed E-state index contributed by atoms with van der Waals surface area (Å²) >= 11 is 1.93. The van der Waals surface area contributed by atoms with Crippen molar-refractivity contribution in [2.45, 2.75) is 30.7 Å². The predicted molar refractivity (Wildman–Crippen MR) is 67.6 cm³/mol. The molecular formula is C12H18N2S.